The Morgan fingerprint density at radius 2 is 2.05 bits per heavy atom. The molecule has 0 radical (unpaired) electrons. The summed E-state index contributed by atoms with van der Waals surface area (Å²) in [4.78, 5) is 20.4. The van der Waals surface area contributed by atoms with Crippen molar-refractivity contribution in [1.82, 2.24) is 14.5 Å². The average Bonchev–Trinajstić information content (AvgIpc) is 2.48. The van der Waals surface area contributed by atoms with Crippen LogP contribution in [0.25, 0.3) is 5.69 Å². The summed E-state index contributed by atoms with van der Waals surface area (Å²) in [7, 11) is 0. The van der Waals surface area contributed by atoms with Crippen LogP contribution in [0.15, 0.2) is 29.1 Å². The van der Waals surface area contributed by atoms with Gasteiger partial charge in [0.05, 0.1) is 12.2 Å². The average molecular weight is 304 g/mol. The number of terminal acetylenes is 1. The van der Waals surface area contributed by atoms with Gasteiger partial charge in [-0.2, -0.15) is 9.97 Å². The number of anilines is 1. The summed E-state index contributed by atoms with van der Waals surface area (Å²) in [5, 5.41) is 1.75. The number of rotatable bonds is 4. The highest BCUT2D eigenvalue weighted by Crippen LogP contribution is 2.14. The van der Waals surface area contributed by atoms with Crippen molar-refractivity contribution >= 4 is 17.5 Å². The Balaban J connectivity index is 2.55. The number of aryl methyl sites for hydroxylation is 1. The molecule has 2 N–H and O–H groups in total. The molecular weight excluding hydrogens is 290 g/mol. The van der Waals surface area contributed by atoms with Crippen LogP contribution in [0.1, 0.15) is 12.7 Å². The van der Waals surface area contributed by atoms with Gasteiger partial charge < -0.3 is 0 Å². The van der Waals surface area contributed by atoms with E-state index < -0.39 is 5.69 Å². The van der Waals surface area contributed by atoms with Crippen molar-refractivity contribution in [2.24, 2.45) is 5.84 Å². The fourth-order valence-electron chi connectivity index (χ4n) is 1.82. The maximum atomic E-state index is 12.3. The van der Waals surface area contributed by atoms with Gasteiger partial charge in [0, 0.05) is 11.4 Å². The lowest BCUT2D eigenvalue weighted by molar-refractivity contribution is 0.742. The minimum Gasteiger partial charge on any atom is -0.266 e. The van der Waals surface area contributed by atoms with Crippen LogP contribution in [0.5, 0.6) is 0 Å². The molecule has 0 amide bonds. The Bertz CT molecular complexity index is 733. The predicted octanol–water partition coefficient (Wildman–Crippen LogP) is 1.16. The van der Waals surface area contributed by atoms with Gasteiger partial charge in [0.2, 0.25) is 5.95 Å². The van der Waals surface area contributed by atoms with Crippen molar-refractivity contribution in [2.75, 3.05) is 11.6 Å². The third-order valence-corrected chi connectivity index (χ3v) is 3.05. The first-order valence-electron chi connectivity index (χ1n) is 6.28. The summed E-state index contributed by atoms with van der Waals surface area (Å²) in [5.41, 5.74) is 0.181. The minimum atomic E-state index is -0.466. The second-order valence-electron chi connectivity index (χ2n) is 4.22. The predicted molar refractivity (Wildman–Crippen MR) is 82.4 cm³/mol. The molecule has 0 unspecified atom stereocenters. The van der Waals surface area contributed by atoms with Crippen molar-refractivity contribution in [3.05, 3.63) is 45.6 Å². The summed E-state index contributed by atoms with van der Waals surface area (Å²) >= 11 is 5.85. The van der Waals surface area contributed by atoms with Crippen molar-refractivity contribution in [3.63, 3.8) is 0 Å². The molecule has 108 valence electrons. The van der Waals surface area contributed by atoms with Crippen molar-refractivity contribution in [1.29, 1.82) is 0 Å². The van der Waals surface area contributed by atoms with E-state index >= 15 is 0 Å². The SMILES string of the molecule is C#CCN(N)c1nc(CC)n(-c2ccc(Cl)cc2)c(=O)n1. The third-order valence-electron chi connectivity index (χ3n) is 2.79. The zero-order chi connectivity index (χ0) is 15.4. The molecule has 0 spiro atoms. The van der Waals surface area contributed by atoms with Crippen LogP contribution in [-0.2, 0) is 6.42 Å². The number of aromatic nitrogens is 3. The van der Waals surface area contributed by atoms with Crippen LogP contribution in [-0.4, -0.2) is 21.1 Å². The molecule has 0 saturated heterocycles. The molecule has 0 aliphatic rings. The summed E-state index contributed by atoms with van der Waals surface area (Å²) in [5.74, 6) is 8.73. The van der Waals surface area contributed by atoms with E-state index in [9.17, 15) is 4.79 Å². The molecule has 0 fully saturated rings. The van der Waals surface area contributed by atoms with Crippen LogP contribution < -0.4 is 16.5 Å². The second kappa shape index (κ2) is 6.39. The highest BCUT2D eigenvalue weighted by atomic mass is 35.5. The Kier molecular flexibility index (Phi) is 4.58. The topological polar surface area (TPSA) is 77.0 Å². The van der Waals surface area contributed by atoms with E-state index in [0.717, 1.165) is 5.01 Å². The fraction of sp³-hybridized carbons (Fsp3) is 0.214. The van der Waals surface area contributed by atoms with Crippen LogP contribution in [0, 0.1) is 12.3 Å². The van der Waals surface area contributed by atoms with Crippen LogP contribution in [0.3, 0.4) is 0 Å². The molecule has 6 nitrogen and oxygen atoms in total. The van der Waals surface area contributed by atoms with E-state index in [1.807, 2.05) is 6.92 Å². The molecule has 1 aromatic heterocycles. The molecule has 0 saturated carbocycles. The highest BCUT2D eigenvalue weighted by Gasteiger charge is 2.13. The van der Waals surface area contributed by atoms with Crippen LogP contribution >= 0.6 is 11.6 Å². The summed E-state index contributed by atoms with van der Waals surface area (Å²) in [6.45, 7) is 2.01. The fourth-order valence-corrected chi connectivity index (χ4v) is 1.95. The van der Waals surface area contributed by atoms with E-state index in [1.165, 1.54) is 4.57 Å². The number of hydrogen-bond acceptors (Lipinski definition) is 5. The zero-order valence-electron chi connectivity index (χ0n) is 11.5. The highest BCUT2D eigenvalue weighted by molar-refractivity contribution is 6.30. The quantitative estimate of drug-likeness (QED) is 0.521. The molecule has 1 heterocycles. The summed E-state index contributed by atoms with van der Waals surface area (Å²) in [6, 6.07) is 6.86. The van der Waals surface area contributed by atoms with Crippen molar-refractivity contribution < 1.29 is 0 Å². The van der Waals surface area contributed by atoms with Gasteiger partial charge in [0.1, 0.15) is 5.82 Å². The first kappa shape index (κ1) is 15.0. The Morgan fingerprint density at radius 1 is 1.38 bits per heavy atom. The lowest BCUT2D eigenvalue weighted by Crippen LogP contribution is -2.37. The monoisotopic (exact) mass is 303 g/mol. The number of hydrogen-bond donors (Lipinski definition) is 1. The second-order valence-corrected chi connectivity index (χ2v) is 4.66. The number of halogens is 1. The molecule has 7 heteroatoms. The first-order chi connectivity index (χ1) is 10.1. The summed E-state index contributed by atoms with van der Waals surface area (Å²) < 4.78 is 1.42. The maximum absolute atomic E-state index is 12.3. The van der Waals surface area contributed by atoms with Gasteiger partial charge in [-0.3, -0.25) is 5.01 Å². The number of nitrogens with two attached hydrogens (primary N) is 1. The largest absolute Gasteiger partial charge is 0.356 e. The molecule has 0 atom stereocenters. The number of benzene rings is 1. The molecule has 0 aliphatic heterocycles. The van der Waals surface area contributed by atoms with Gasteiger partial charge in [-0.1, -0.05) is 24.4 Å². The van der Waals surface area contributed by atoms with Gasteiger partial charge in [0.15, 0.2) is 0 Å². The molecule has 0 bridgehead atoms. The molecule has 2 aromatic rings. The van der Waals surface area contributed by atoms with E-state index in [-0.39, 0.29) is 12.5 Å². The van der Waals surface area contributed by atoms with Gasteiger partial charge >= 0.3 is 5.69 Å². The van der Waals surface area contributed by atoms with Gasteiger partial charge in [0.25, 0.3) is 0 Å². The lowest BCUT2D eigenvalue weighted by Gasteiger charge is -2.16. The van der Waals surface area contributed by atoms with Gasteiger partial charge in [-0.05, 0) is 24.3 Å². The lowest BCUT2D eigenvalue weighted by atomic mass is 10.3. The van der Waals surface area contributed by atoms with Crippen molar-refractivity contribution in [2.45, 2.75) is 13.3 Å². The maximum Gasteiger partial charge on any atom is 0.356 e. The molecular formula is C14H14ClN5O. The molecule has 1 aromatic carbocycles. The zero-order valence-corrected chi connectivity index (χ0v) is 12.2. The number of hydrazine groups is 1. The van der Waals surface area contributed by atoms with E-state index in [2.05, 4.69) is 15.9 Å². The van der Waals surface area contributed by atoms with Crippen LogP contribution in [0.4, 0.5) is 5.95 Å². The van der Waals surface area contributed by atoms with E-state index in [4.69, 9.17) is 23.9 Å². The normalized spacial score (nSPS) is 10.2. The smallest absolute Gasteiger partial charge is 0.266 e. The van der Waals surface area contributed by atoms with Crippen molar-refractivity contribution in [3.8, 4) is 18.0 Å². The first-order valence-corrected chi connectivity index (χ1v) is 6.66. The van der Waals surface area contributed by atoms with E-state index in [1.54, 1.807) is 24.3 Å². The third kappa shape index (κ3) is 3.21. The Labute approximate surface area is 127 Å². The van der Waals surface area contributed by atoms with Crippen LogP contribution in [0.2, 0.25) is 5.02 Å². The summed E-state index contributed by atoms with van der Waals surface area (Å²) in [6.07, 6.45) is 5.73. The molecule has 21 heavy (non-hydrogen) atoms. The minimum absolute atomic E-state index is 0.111. The van der Waals surface area contributed by atoms with E-state index in [0.29, 0.717) is 23.0 Å². The standard InChI is InChI=1S/C14H14ClN5O/c1-3-9-19(16)13-17-12(4-2)20(14(21)18-13)11-7-5-10(15)6-8-11/h1,5-8H,4,9,16H2,2H3. The number of nitrogens with zero attached hydrogens (tertiary/aromatic N) is 4. The Hall–Kier alpha value is -2.36. The Morgan fingerprint density at radius 3 is 2.62 bits per heavy atom. The molecule has 2 rings (SSSR count). The van der Waals surface area contributed by atoms with Gasteiger partial charge in [-0.25, -0.2) is 15.2 Å². The molecule has 0 aliphatic carbocycles. The van der Waals surface area contributed by atoms with Gasteiger partial charge in [-0.15, -0.1) is 6.42 Å².